The molecule has 4 nitrogen and oxygen atoms in total. The maximum atomic E-state index is 10.2. The Morgan fingerprint density at radius 2 is 2.00 bits per heavy atom. The number of aldehydes is 1. The molecule has 0 fully saturated rings. The number of carbonyl (C=O) groups excluding carboxylic acids is 1. The van der Waals surface area contributed by atoms with Crippen LogP contribution in [-0.4, -0.2) is 23.6 Å². The largest absolute Gasteiger partial charge is 0.507 e. The number of benzene rings is 1. The van der Waals surface area contributed by atoms with Gasteiger partial charge in [0.1, 0.15) is 11.4 Å². The van der Waals surface area contributed by atoms with E-state index in [0.717, 1.165) is 12.8 Å². The average molecular weight is 170 g/mol. The molecule has 5 N–H and O–H groups in total. The number of rotatable bonds is 1. The highest BCUT2D eigenvalue weighted by molar-refractivity contribution is 5.80. The number of aromatic hydroxyl groups is 1. The Morgan fingerprint density at radius 3 is 2.42 bits per heavy atom. The van der Waals surface area contributed by atoms with Crippen molar-refractivity contribution in [1.82, 2.24) is 0 Å². The maximum Gasteiger partial charge on any atom is 0.154 e. The summed E-state index contributed by atoms with van der Waals surface area (Å²) < 4.78 is 0. The van der Waals surface area contributed by atoms with Crippen LogP contribution in [0, 0.1) is 0 Å². The van der Waals surface area contributed by atoms with E-state index in [1.807, 2.05) is 0 Å². The first kappa shape index (κ1) is 10.6. The minimum absolute atomic E-state index is 0.00222. The van der Waals surface area contributed by atoms with Gasteiger partial charge in [-0.2, -0.15) is 0 Å². The van der Waals surface area contributed by atoms with E-state index < -0.39 is 0 Å². The molecule has 0 aliphatic heterocycles. The van der Waals surface area contributed by atoms with Crippen LogP contribution in [-0.2, 0) is 0 Å². The molecule has 0 saturated heterocycles. The van der Waals surface area contributed by atoms with Gasteiger partial charge >= 0.3 is 0 Å². The predicted octanol–water partition coefficient (Wildman–Crippen LogP) is -0.313. The van der Waals surface area contributed by atoms with E-state index in [0.29, 0.717) is 6.29 Å². The van der Waals surface area contributed by atoms with Crippen molar-refractivity contribution < 1.29 is 20.7 Å². The van der Waals surface area contributed by atoms with Crippen LogP contribution in [0.4, 0.5) is 5.69 Å². The fourth-order valence-electron chi connectivity index (χ4n) is 0.698. The summed E-state index contributed by atoms with van der Waals surface area (Å²) in [5.41, 5.74) is 4.61. The number of hydrogen-bond donors (Lipinski definition) is 3. The Morgan fingerprint density at radius 1 is 1.42 bits per heavy atom. The van der Waals surface area contributed by atoms with E-state index in [2.05, 4.69) is 5.73 Å². The highest BCUT2D eigenvalue weighted by atomic mass is 16.3. The van der Waals surface area contributed by atoms with Gasteiger partial charge in [-0.15, -0.1) is 0 Å². The number of quaternary nitrogens is 1. The normalized spacial score (nSPS) is 8.25. The van der Waals surface area contributed by atoms with Crippen LogP contribution in [0.15, 0.2) is 18.2 Å². The fourth-order valence-corrected chi connectivity index (χ4v) is 0.698. The second-order valence-corrected chi connectivity index (χ2v) is 2.01. The van der Waals surface area contributed by atoms with E-state index in [-0.39, 0.29) is 11.3 Å². The molecule has 1 rings (SSSR count). The molecule has 0 atom stereocenters. The van der Waals surface area contributed by atoms with E-state index in [9.17, 15) is 4.79 Å². The number of aliphatic hydroxyl groups excluding tert-OH is 1. The summed E-state index contributed by atoms with van der Waals surface area (Å²) in [7, 11) is 1.00. The molecule has 0 bridgehead atoms. The van der Waals surface area contributed by atoms with Crippen LogP contribution in [0.1, 0.15) is 10.4 Å². The van der Waals surface area contributed by atoms with Crippen molar-refractivity contribution in [3.63, 3.8) is 0 Å². The van der Waals surface area contributed by atoms with Crippen molar-refractivity contribution in [1.29, 1.82) is 0 Å². The molecule has 0 saturated carbocycles. The van der Waals surface area contributed by atoms with Crippen molar-refractivity contribution in [3.05, 3.63) is 23.8 Å². The lowest BCUT2D eigenvalue weighted by Gasteiger charge is -1.93. The highest BCUT2D eigenvalue weighted by Crippen LogP contribution is 2.15. The molecule has 0 unspecified atom stereocenters. The fraction of sp³-hybridized carbons (Fsp3) is 0.125. The Balaban J connectivity index is 0.000000561. The predicted molar refractivity (Wildman–Crippen MR) is 44.2 cm³/mol. The van der Waals surface area contributed by atoms with Gasteiger partial charge in [0, 0.05) is 19.2 Å². The quantitative estimate of drug-likeness (QED) is 0.505. The topological polar surface area (TPSA) is 85.2 Å². The van der Waals surface area contributed by atoms with Crippen molar-refractivity contribution in [2.75, 3.05) is 7.11 Å². The summed E-state index contributed by atoms with van der Waals surface area (Å²) >= 11 is 0. The summed E-state index contributed by atoms with van der Waals surface area (Å²) in [4.78, 5) is 10.2. The molecule has 66 valence electrons. The molecule has 0 radical (unpaired) electrons. The molecular weight excluding hydrogens is 158 g/mol. The van der Waals surface area contributed by atoms with Crippen molar-refractivity contribution in [3.8, 4) is 5.75 Å². The first-order valence-electron chi connectivity index (χ1n) is 3.29. The lowest BCUT2D eigenvalue weighted by Crippen LogP contribution is -2.40. The van der Waals surface area contributed by atoms with Crippen LogP contribution in [0.2, 0.25) is 0 Å². The Kier molecular flexibility index (Phi) is 4.67. The molecule has 12 heavy (non-hydrogen) atoms. The summed E-state index contributed by atoms with van der Waals surface area (Å²) in [6.45, 7) is 0. The van der Waals surface area contributed by atoms with Crippen molar-refractivity contribution in [2.45, 2.75) is 0 Å². The van der Waals surface area contributed by atoms with Gasteiger partial charge < -0.3 is 15.9 Å². The average Bonchev–Trinajstić information content (AvgIpc) is 2.13. The first-order chi connectivity index (χ1) is 5.74. The van der Waals surface area contributed by atoms with Crippen LogP contribution in [0.5, 0.6) is 5.75 Å². The van der Waals surface area contributed by atoms with Crippen molar-refractivity contribution >= 4 is 12.0 Å². The third-order valence-corrected chi connectivity index (χ3v) is 1.22. The van der Waals surface area contributed by atoms with Gasteiger partial charge in [0.15, 0.2) is 6.29 Å². The molecule has 0 amide bonds. The minimum atomic E-state index is 0.00222. The monoisotopic (exact) mass is 170 g/mol. The molecule has 0 spiro atoms. The zero-order chi connectivity index (χ0) is 9.56. The van der Waals surface area contributed by atoms with Crippen molar-refractivity contribution in [2.24, 2.45) is 0 Å². The van der Waals surface area contributed by atoms with E-state index in [1.54, 1.807) is 6.07 Å². The zero-order valence-corrected chi connectivity index (χ0v) is 6.82. The van der Waals surface area contributed by atoms with Gasteiger partial charge in [-0.3, -0.25) is 4.79 Å². The molecule has 4 heteroatoms. The van der Waals surface area contributed by atoms with Crippen LogP contribution >= 0.6 is 0 Å². The van der Waals surface area contributed by atoms with E-state index >= 15 is 0 Å². The molecule has 1 aromatic carbocycles. The van der Waals surface area contributed by atoms with Gasteiger partial charge in [-0.1, -0.05) is 0 Å². The number of carbonyl (C=O) groups is 1. The lowest BCUT2D eigenvalue weighted by atomic mass is 10.2. The van der Waals surface area contributed by atoms with E-state index in [1.165, 1.54) is 12.1 Å². The first-order valence-corrected chi connectivity index (χ1v) is 3.29. The van der Waals surface area contributed by atoms with Gasteiger partial charge in [0.25, 0.3) is 0 Å². The van der Waals surface area contributed by atoms with Crippen LogP contribution < -0.4 is 5.73 Å². The lowest BCUT2D eigenvalue weighted by molar-refractivity contribution is -0.254. The Bertz CT molecular complexity index is 260. The van der Waals surface area contributed by atoms with Gasteiger partial charge in [0.2, 0.25) is 0 Å². The number of hydrogen-bond acceptors (Lipinski definition) is 3. The van der Waals surface area contributed by atoms with Gasteiger partial charge in [0.05, 0.1) is 5.56 Å². The number of phenolic OH excluding ortho intramolecular Hbond substituents is 1. The van der Waals surface area contributed by atoms with Gasteiger partial charge in [-0.25, -0.2) is 0 Å². The Hall–Kier alpha value is -1.39. The summed E-state index contributed by atoms with van der Waals surface area (Å²) in [5, 5.41) is 16.0. The highest BCUT2D eigenvalue weighted by Gasteiger charge is 1.99. The molecule has 0 aliphatic carbocycles. The molecule has 1 aromatic rings. The standard InChI is InChI=1S/C7H7NO2.CH4O/c8-6-1-2-7(10)5(3-6)4-9;1-2/h1-4,10H,8H2;2H,1H3/p+1. The van der Waals surface area contributed by atoms with Crippen LogP contribution in [0.25, 0.3) is 0 Å². The molecule has 0 aromatic heterocycles. The molecule has 0 aliphatic rings. The smallest absolute Gasteiger partial charge is 0.154 e. The SMILES string of the molecule is CO.[NH3+]c1ccc(O)c(C=O)c1. The molecule has 0 heterocycles. The second-order valence-electron chi connectivity index (χ2n) is 2.01. The second kappa shape index (κ2) is 5.29. The van der Waals surface area contributed by atoms with E-state index in [4.69, 9.17) is 10.2 Å². The summed E-state index contributed by atoms with van der Waals surface area (Å²) in [5.74, 6) is 0.00222. The zero-order valence-electron chi connectivity index (χ0n) is 6.82. The number of phenols is 1. The summed E-state index contributed by atoms with van der Waals surface area (Å²) in [6.07, 6.45) is 0.601. The van der Waals surface area contributed by atoms with Gasteiger partial charge in [-0.05, 0) is 6.07 Å². The minimum Gasteiger partial charge on any atom is -0.507 e. The maximum absolute atomic E-state index is 10.2. The molecular formula is C8H12NO3+. The third kappa shape index (κ3) is 2.69. The Labute approximate surface area is 70.3 Å². The third-order valence-electron chi connectivity index (χ3n) is 1.22. The number of aliphatic hydroxyl groups is 1. The summed E-state index contributed by atoms with van der Waals surface area (Å²) in [6, 6.07) is 4.62. The van der Waals surface area contributed by atoms with Crippen LogP contribution in [0.3, 0.4) is 0 Å².